The molecular formula is C19H17BrN2O4S2. The Kier molecular flexibility index (Phi) is 6.58. The van der Waals surface area contributed by atoms with Gasteiger partial charge < -0.3 is 4.18 Å². The number of thioether (sulfide) groups is 1. The van der Waals surface area contributed by atoms with Crippen molar-refractivity contribution in [3.05, 3.63) is 76.0 Å². The van der Waals surface area contributed by atoms with Gasteiger partial charge in [0.1, 0.15) is 5.75 Å². The zero-order valence-corrected chi connectivity index (χ0v) is 18.0. The van der Waals surface area contributed by atoms with Crippen molar-refractivity contribution in [3.8, 4) is 5.75 Å². The average Bonchev–Trinajstić information content (AvgIpc) is 2.66. The van der Waals surface area contributed by atoms with Gasteiger partial charge in [-0.05, 0) is 36.4 Å². The minimum atomic E-state index is -3.77. The van der Waals surface area contributed by atoms with Gasteiger partial charge in [0.05, 0.1) is 16.7 Å². The van der Waals surface area contributed by atoms with E-state index in [4.69, 9.17) is 4.18 Å². The number of halogens is 1. The maximum atomic E-state index is 12.7. The molecule has 0 aliphatic heterocycles. The number of aromatic nitrogens is 2. The molecule has 9 heteroatoms. The van der Waals surface area contributed by atoms with Gasteiger partial charge in [-0.1, -0.05) is 45.9 Å². The van der Waals surface area contributed by atoms with E-state index in [-0.39, 0.29) is 22.8 Å². The highest BCUT2D eigenvalue weighted by molar-refractivity contribution is 9.10. The van der Waals surface area contributed by atoms with Crippen molar-refractivity contribution in [2.75, 3.05) is 11.5 Å². The quantitative estimate of drug-likeness (QED) is 0.211. The summed E-state index contributed by atoms with van der Waals surface area (Å²) in [6.07, 6.45) is 1.61. The third-order valence-corrected chi connectivity index (χ3v) is 6.66. The highest BCUT2D eigenvalue weighted by Gasteiger charge is 2.16. The van der Waals surface area contributed by atoms with Crippen molar-refractivity contribution < 1.29 is 12.6 Å². The Labute approximate surface area is 175 Å². The predicted octanol–water partition coefficient (Wildman–Crippen LogP) is 3.85. The van der Waals surface area contributed by atoms with E-state index >= 15 is 0 Å². The molecule has 0 atom stereocenters. The Balaban J connectivity index is 1.75. The van der Waals surface area contributed by atoms with Crippen LogP contribution in [0.25, 0.3) is 10.9 Å². The molecule has 0 saturated carbocycles. The van der Waals surface area contributed by atoms with Crippen LogP contribution in [0, 0.1) is 0 Å². The van der Waals surface area contributed by atoms with E-state index in [1.165, 1.54) is 16.3 Å². The maximum absolute atomic E-state index is 12.7. The summed E-state index contributed by atoms with van der Waals surface area (Å²) in [6.45, 7) is 3.97. The van der Waals surface area contributed by atoms with Gasteiger partial charge in [-0.2, -0.15) is 8.42 Å². The maximum Gasteiger partial charge on any atom is 0.310 e. The van der Waals surface area contributed by atoms with Gasteiger partial charge in [0.25, 0.3) is 5.56 Å². The summed E-state index contributed by atoms with van der Waals surface area (Å²) in [5.74, 6) is 0.228. The largest absolute Gasteiger partial charge is 0.382 e. The molecule has 0 spiro atoms. The van der Waals surface area contributed by atoms with Crippen molar-refractivity contribution in [3.63, 3.8) is 0 Å². The molecule has 28 heavy (non-hydrogen) atoms. The lowest BCUT2D eigenvalue weighted by Gasteiger charge is -2.11. The van der Waals surface area contributed by atoms with Crippen LogP contribution in [0.2, 0.25) is 0 Å². The molecule has 146 valence electrons. The Morgan fingerprint density at radius 2 is 1.89 bits per heavy atom. The second-order valence-electron chi connectivity index (χ2n) is 5.76. The number of rotatable bonds is 8. The molecule has 0 saturated heterocycles. The Morgan fingerprint density at radius 3 is 2.61 bits per heavy atom. The molecule has 3 aromatic rings. The number of nitrogens with zero attached hydrogens (tertiary/aromatic N) is 2. The monoisotopic (exact) mass is 480 g/mol. The van der Waals surface area contributed by atoms with E-state index in [9.17, 15) is 13.2 Å². The molecule has 0 bridgehead atoms. The van der Waals surface area contributed by atoms with Crippen LogP contribution in [0.3, 0.4) is 0 Å². The zero-order valence-electron chi connectivity index (χ0n) is 14.7. The van der Waals surface area contributed by atoms with Crippen molar-refractivity contribution in [2.45, 2.75) is 11.7 Å². The summed E-state index contributed by atoms with van der Waals surface area (Å²) in [7, 11) is -3.77. The fraction of sp³-hybridized carbons (Fsp3) is 0.158. The van der Waals surface area contributed by atoms with Crippen molar-refractivity contribution >= 4 is 48.7 Å². The minimum Gasteiger partial charge on any atom is -0.382 e. The first-order chi connectivity index (χ1) is 13.4. The lowest BCUT2D eigenvalue weighted by atomic mass is 10.2. The van der Waals surface area contributed by atoms with Crippen LogP contribution < -0.4 is 9.74 Å². The third-order valence-electron chi connectivity index (χ3n) is 3.74. The number of benzene rings is 2. The van der Waals surface area contributed by atoms with Gasteiger partial charge >= 0.3 is 10.1 Å². The number of para-hydroxylation sites is 1. The first-order valence-corrected chi connectivity index (χ1v) is 11.7. The second-order valence-corrected chi connectivity index (χ2v) is 9.43. The molecule has 1 heterocycles. The Bertz CT molecular complexity index is 1160. The smallest absolute Gasteiger partial charge is 0.310 e. The summed E-state index contributed by atoms with van der Waals surface area (Å²) in [5, 5.41) is 0.960. The zero-order chi connectivity index (χ0) is 20.1. The highest BCUT2D eigenvalue weighted by Crippen LogP contribution is 2.20. The molecule has 3 rings (SSSR count). The molecule has 0 aliphatic carbocycles. The summed E-state index contributed by atoms with van der Waals surface area (Å²) < 4.78 is 31.8. The van der Waals surface area contributed by atoms with Crippen molar-refractivity contribution in [1.82, 2.24) is 9.55 Å². The summed E-state index contributed by atoms with van der Waals surface area (Å²) in [4.78, 5) is 17.2. The lowest BCUT2D eigenvalue weighted by molar-refractivity contribution is 0.488. The molecule has 0 unspecified atom stereocenters. The van der Waals surface area contributed by atoms with Crippen LogP contribution in [-0.2, 0) is 16.7 Å². The SMILES string of the molecule is C=CCn1c(SCCS(=O)(=O)Oc2ccc(Br)cc2)nc2ccccc2c1=O. The van der Waals surface area contributed by atoms with Crippen molar-refractivity contribution in [2.24, 2.45) is 0 Å². The van der Waals surface area contributed by atoms with Crippen LogP contribution in [0.1, 0.15) is 0 Å². The lowest BCUT2D eigenvalue weighted by Crippen LogP contribution is -2.23. The standard InChI is InChI=1S/C19H17BrN2O4S2/c1-2-11-22-18(23)16-5-3-4-6-17(16)21-19(22)27-12-13-28(24,25)26-15-9-7-14(20)8-10-15/h2-10H,1,11-13H2. The van der Waals surface area contributed by atoms with Gasteiger partial charge in [-0.15, -0.1) is 6.58 Å². The van der Waals surface area contributed by atoms with Crippen LogP contribution in [0.15, 0.2) is 75.6 Å². The Morgan fingerprint density at radius 1 is 1.18 bits per heavy atom. The normalized spacial score (nSPS) is 11.5. The molecule has 0 amide bonds. The third kappa shape index (κ3) is 5.03. The van der Waals surface area contributed by atoms with E-state index < -0.39 is 10.1 Å². The fourth-order valence-electron chi connectivity index (χ4n) is 2.46. The van der Waals surface area contributed by atoms with Gasteiger partial charge in [0.2, 0.25) is 0 Å². The molecule has 1 aromatic heterocycles. The number of hydrogen-bond donors (Lipinski definition) is 0. The summed E-state index contributed by atoms with van der Waals surface area (Å²) in [6, 6.07) is 13.6. The van der Waals surface area contributed by atoms with Crippen LogP contribution in [0.5, 0.6) is 5.75 Å². The first kappa shape index (κ1) is 20.6. The minimum absolute atomic E-state index is 0.179. The summed E-state index contributed by atoms with van der Waals surface area (Å²) in [5.41, 5.74) is 0.395. The topological polar surface area (TPSA) is 78.3 Å². The molecule has 6 nitrogen and oxygen atoms in total. The molecule has 0 fully saturated rings. The van der Waals surface area contributed by atoms with Gasteiger partial charge in [-0.25, -0.2) is 4.98 Å². The summed E-state index contributed by atoms with van der Waals surface area (Å²) >= 11 is 4.48. The predicted molar refractivity (Wildman–Crippen MR) is 115 cm³/mol. The molecule has 2 aromatic carbocycles. The molecule has 0 radical (unpaired) electrons. The molecular weight excluding hydrogens is 464 g/mol. The van der Waals surface area contributed by atoms with Gasteiger partial charge in [-0.3, -0.25) is 9.36 Å². The fourth-order valence-corrected chi connectivity index (χ4v) is 5.02. The number of fused-ring (bicyclic) bond motifs is 1. The van der Waals surface area contributed by atoms with E-state index in [0.29, 0.717) is 22.6 Å². The molecule has 0 aliphatic rings. The van der Waals surface area contributed by atoms with Crippen LogP contribution in [-0.4, -0.2) is 29.5 Å². The van der Waals surface area contributed by atoms with Crippen LogP contribution in [0.4, 0.5) is 0 Å². The average molecular weight is 481 g/mol. The van der Waals surface area contributed by atoms with Gasteiger partial charge in [0, 0.05) is 16.8 Å². The number of hydrogen-bond acceptors (Lipinski definition) is 6. The highest BCUT2D eigenvalue weighted by atomic mass is 79.9. The van der Waals surface area contributed by atoms with Crippen molar-refractivity contribution in [1.29, 1.82) is 0 Å². The van der Waals surface area contributed by atoms with Gasteiger partial charge in [0.15, 0.2) is 5.16 Å². The van der Waals surface area contributed by atoms with E-state index in [2.05, 4.69) is 27.5 Å². The van der Waals surface area contributed by atoms with E-state index in [0.717, 1.165) is 4.47 Å². The Hall–Kier alpha value is -2.10. The molecule has 0 N–H and O–H groups in total. The first-order valence-electron chi connectivity index (χ1n) is 8.30. The van der Waals surface area contributed by atoms with Crippen LogP contribution >= 0.6 is 27.7 Å². The second kappa shape index (κ2) is 8.93. The van der Waals surface area contributed by atoms with E-state index in [1.54, 1.807) is 54.6 Å². The number of allylic oxidation sites excluding steroid dienone is 1. The van der Waals surface area contributed by atoms with E-state index in [1.807, 2.05) is 0 Å².